The number of hydrogen-bond donors (Lipinski definition) is 0. The van der Waals surface area contributed by atoms with Gasteiger partial charge in [0.05, 0.1) is 4.34 Å². The van der Waals surface area contributed by atoms with Crippen LogP contribution in [-0.4, -0.2) is 0 Å². The van der Waals surface area contributed by atoms with Crippen molar-refractivity contribution in [2.24, 2.45) is 0 Å². The van der Waals surface area contributed by atoms with E-state index in [-0.39, 0.29) is 5.41 Å². The van der Waals surface area contributed by atoms with E-state index in [2.05, 4.69) is 43.4 Å². The molecule has 0 unspecified atom stereocenters. The zero-order valence-corrected chi connectivity index (χ0v) is 10.5. The van der Waals surface area contributed by atoms with Crippen molar-refractivity contribution in [1.29, 1.82) is 0 Å². The Kier molecular flexibility index (Phi) is 2.88. The maximum atomic E-state index is 5.89. The Morgan fingerprint density at radius 3 is 2.18 bits per heavy atom. The van der Waals surface area contributed by atoms with Crippen LogP contribution in [0.25, 0.3) is 0 Å². The fourth-order valence-corrected chi connectivity index (χ4v) is 3.87. The highest BCUT2D eigenvalue weighted by Gasteiger charge is 2.19. The van der Waals surface area contributed by atoms with Crippen LogP contribution in [0.4, 0.5) is 0 Å². The molecule has 0 spiro atoms. The Labute approximate surface area is 90.1 Å². The summed E-state index contributed by atoms with van der Waals surface area (Å²) in [5.41, 5.74) is 0.230. The van der Waals surface area contributed by atoms with Crippen LogP contribution in [0.3, 0.4) is 0 Å². The predicted molar refractivity (Wildman–Crippen MR) is 60.7 cm³/mol. The normalized spacial score (nSPS) is 12.1. The van der Waals surface area contributed by atoms with Gasteiger partial charge in [-0.2, -0.15) is 0 Å². The molecule has 0 N–H and O–H groups in total. The lowest BCUT2D eigenvalue weighted by atomic mass is 9.95. The fourth-order valence-electron chi connectivity index (χ4n) is 0.852. The summed E-state index contributed by atoms with van der Waals surface area (Å²) in [7, 11) is 0. The molecule has 3 heteroatoms. The fraction of sp³-hybridized carbons (Fsp3) is 0.500. The van der Waals surface area contributed by atoms with Gasteiger partial charge in [-0.25, -0.2) is 0 Å². The number of thiophene rings is 1. The van der Waals surface area contributed by atoms with Gasteiger partial charge < -0.3 is 0 Å². The minimum atomic E-state index is 0.230. The maximum absolute atomic E-state index is 5.89. The van der Waals surface area contributed by atoms with Crippen molar-refractivity contribution in [3.05, 3.63) is 18.9 Å². The molecule has 0 amide bonds. The quantitative estimate of drug-likeness (QED) is 0.627. The summed E-state index contributed by atoms with van der Waals surface area (Å²) in [5, 5.41) is 0. The van der Waals surface area contributed by atoms with Gasteiger partial charge in [0.1, 0.15) is 0 Å². The third-order valence-electron chi connectivity index (χ3n) is 1.34. The van der Waals surface area contributed by atoms with Crippen LogP contribution in [0.1, 0.15) is 25.6 Å². The zero-order valence-electron chi connectivity index (χ0n) is 6.74. The van der Waals surface area contributed by atoms with E-state index in [1.165, 1.54) is 8.45 Å². The van der Waals surface area contributed by atoms with E-state index in [9.17, 15) is 0 Å². The molecule has 0 aliphatic carbocycles. The Morgan fingerprint density at radius 1 is 1.45 bits per heavy atom. The van der Waals surface area contributed by atoms with Crippen LogP contribution in [0.2, 0.25) is 4.34 Å². The van der Waals surface area contributed by atoms with Crippen molar-refractivity contribution >= 4 is 45.5 Å². The maximum Gasteiger partial charge on any atom is 0.0942 e. The highest BCUT2D eigenvalue weighted by Crippen LogP contribution is 2.36. The molecule has 0 nitrogen and oxygen atoms in total. The van der Waals surface area contributed by atoms with E-state index >= 15 is 0 Å². The first kappa shape index (κ1) is 9.81. The standard InChI is InChI=1S/C8H10ClIS/c1-8(2,3)7-5(10)4-6(9)11-7/h4H,1-3H3. The molecular formula is C8H10ClIS. The predicted octanol–water partition coefficient (Wildman–Crippen LogP) is 4.30. The van der Waals surface area contributed by atoms with E-state index in [4.69, 9.17) is 11.6 Å². The van der Waals surface area contributed by atoms with Gasteiger partial charge in [0.15, 0.2) is 0 Å². The Morgan fingerprint density at radius 2 is 2.00 bits per heavy atom. The van der Waals surface area contributed by atoms with E-state index in [1.807, 2.05) is 6.07 Å². The third kappa shape index (κ3) is 2.33. The first-order valence-corrected chi connectivity index (χ1v) is 5.64. The molecule has 11 heavy (non-hydrogen) atoms. The molecule has 0 saturated carbocycles. The second kappa shape index (κ2) is 3.23. The average Bonchev–Trinajstić information content (AvgIpc) is 2.08. The van der Waals surface area contributed by atoms with Gasteiger partial charge in [-0.3, -0.25) is 0 Å². The molecule has 0 aliphatic rings. The molecule has 0 aromatic carbocycles. The molecule has 1 heterocycles. The summed E-state index contributed by atoms with van der Waals surface area (Å²) < 4.78 is 2.17. The minimum absolute atomic E-state index is 0.230. The topological polar surface area (TPSA) is 0 Å². The summed E-state index contributed by atoms with van der Waals surface area (Å²) >= 11 is 9.90. The van der Waals surface area contributed by atoms with Gasteiger partial charge in [-0.05, 0) is 34.1 Å². The smallest absolute Gasteiger partial charge is 0.0942 e. The molecule has 0 aliphatic heterocycles. The molecule has 0 bridgehead atoms. The Bertz CT molecular complexity index is 260. The summed E-state index contributed by atoms with van der Waals surface area (Å²) in [6.07, 6.45) is 0. The van der Waals surface area contributed by atoms with E-state index < -0.39 is 0 Å². The van der Waals surface area contributed by atoms with Crippen molar-refractivity contribution in [2.45, 2.75) is 26.2 Å². The lowest BCUT2D eigenvalue weighted by Crippen LogP contribution is -2.09. The van der Waals surface area contributed by atoms with Crippen molar-refractivity contribution in [3.8, 4) is 0 Å². The third-order valence-corrected chi connectivity index (χ3v) is 4.24. The van der Waals surface area contributed by atoms with Crippen LogP contribution < -0.4 is 0 Å². The Hall–Kier alpha value is 0.720. The first-order chi connectivity index (χ1) is 4.91. The van der Waals surface area contributed by atoms with E-state index in [0.29, 0.717) is 0 Å². The summed E-state index contributed by atoms with van der Waals surface area (Å²) in [4.78, 5) is 1.38. The monoisotopic (exact) mass is 300 g/mol. The lowest BCUT2D eigenvalue weighted by Gasteiger charge is -2.16. The summed E-state index contributed by atoms with van der Waals surface area (Å²) in [6.45, 7) is 6.62. The Balaban J connectivity index is 3.13. The minimum Gasteiger partial charge on any atom is -0.127 e. The second-order valence-electron chi connectivity index (χ2n) is 3.48. The largest absolute Gasteiger partial charge is 0.127 e. The molecule has 0 atom stereocenters. The molecular weight excluding hydrogens is 291 g/mol. The molecule has 0 saturated heterocycles. The van der Waals surface area contributed by atoms with Crippen LogP contribution in [-0.2, 0) is 5.41 Å². The van der Waals surface area contributed by atoms with Crippen LogP contribution in [0, 0.1) is 3.57 Å². The second-order valence-corrected chi connectivity index (χ2v) is 6.32. The van der Waals surface area contributed by atoms with Gasteiger partial charge in [-0.15, -0.1) is 11.3 Å². The van der Waals surface area contributed by atoms with Crippen molar-refractivity contribution in [1.82, 2.24) is 0 Å². The first-order valence-electron chi connectivity index (χ1n) is 3.36. The van der Waals surface area contributed by atoms with Gasteiger partial charge in [-0.1, -0.05) is 32.4 Å². The average molecular weight is 301 g/mol. The molecule has 1 aromatic heterocycles. The van der Waals surface area contributed by atoms with E-state index in [1.54, 1.807) is 11.3 Å². The van der Waals surface area contributed by atoms with Gasteiger partial charge >= 0.3 is 0 Å². The van der Waals surface area contributed by atoms with Gasteiger partial charge in [0, 0.05) is 8.45 Å². The number of hydrogen-bond acceptors (Lipinski definition) is 1. The van der Waals surface area contributed by atoms with Crippen LogP contribution in [0.5, 0.6) is 0 Å². The summed E-state index contributed by atoms with van der Waals surface area (Å²) in [5.74, 6) is 0. The van der Waals surface area contributed by atoms with Crippen LogP contribution in [0.15, 0.2) is 6.07 Å². The molecule has 0 radical (unpaired) electrons. The van der Waals surface area contributed by atoms with Crippen molar-refractivity contribution in [3.63, 3.8) is 0 Å². The van der Waals surface area contributed by atoms with Crippen molar-refractivity contribution in [2.75, 3.05) is 0 Å². The molecule has 62 valence electrons. The molecule has 1 aromatic rings. The van der Waals surface area contributed by atoms with Crippen LogP contribution >= 0.6 is 45.5 Å². The summed E-state index contributed by atoms with van der Waals surface area (Å²) in [6, 6.07) is 2.02. The van der Waals surface area contributed by atoms with E-state index in [0.717, 1.165) is 4.34 Å². The molecule has 1 rings (SSSR count). The SMILES string of the molecule is CC(C)(C)c1sc(Cl)cc1I. The highest BCUT2D eigenvalue weighted by molar-refractivity contribution is 14.1. The van der Waals surface area contributed by atoms with Crippen molar-refractivity contribution < 1.29 is 0 Å². The van der Waals surface area contributed by atoms with Gasteiger partial charge in [0.25, 0.3) is 0 Å². The zero-order chi connectivity index (χ0) is 8.65. The number of rotatable bonds is 0. The highest BCUT2D eigenvalue weighted by atomic mass is 127. The lowest BCUT2D eigenvalue weighted by molar-refractivity contribution is 0.601. The van der Waals surface area contributed by atoms with Gasteiger partial charge in [0.2, 0.25) is 0 Å². The number of halogens is 2. The molecule has 0 fully saturated rings.